The van der Waals surface area contributed by atoms with E-state index in [0.717, 1.165) is 56.3 Å². The predicted octanol–water partition coefficient (Wildman–Crippen LogP) is 4.44. The normalized spacial score (nSPS) is 20.8. The molecule has 259 valence electrons. The van der Waals surface area contributed by atoms with Gasteiger partial charge in [0.15, 0.2) is 0 Å². The number of halogens is 4. The molecule has 3 N–H and O–H groups in total. The van der Waals surface area contributed by atoms with Gasteiger partial charge in [0, 0.05) is 83.1 Å². The summed E-state index contributed by atoms with van der Waals surface area (Å²) in [4.78, 5) is 48.3. The van der Waals surface area contributed by atoms with Gasteiger partial charge in [-0.05, 0) is 61.4 Å². The van der Waals surface area contributed by atoms with Crippen LogP contribution in [0, 0.1) is 5.92 Å². The highest BCUT2D eigenvalue weighted by Crippen LogP contribution is 2.39. The number of nitrogens with zero attached hydrogens (tertiary/aromatic N) is 5. The third-order valence-electron chi connectivity index (χ3n) is 10.2. The SMILES string of the molecule is Nc1c(Cl)cc(CC(CC(=O)N2CCC(N3Cc4ccccc4NC3=O)CC2)C(=O)N2CCC(N3CC[N]CC3)CC2)cc1C(F)(F)F. The maximum atomic E-state index is 14.0. The van der Waals surface area contributed by atoms with Crippen LogP contribution in [0.5, 0.6) is 0 Å². The number of likely N-dealkylation sites (tertiary alicyclic amines) is 2. The summed E-state index contributed by atoms with van der Waals surface area (Å²) >= 11 is 6.13. The van der Waals surface area contributed by atoms with Gasteiger partial charge in [-0.3, -0.25) is 14.5 Å². The first-order valence-electron chi connectivity index (χ1n) is 16.7. The van der Waals surface area contributed by atoms with Crippen LogP contribution in [-0.4, -0.2) is 102 Å². The number of nitrogens with one attached hydrogen (secondary N) is 1. The molecule has 0 spiro atoms. The highest BCUT2D eigenvalue weighted by molar-refractivity contribution is 6.33. The van der Waals surface area contributed by atoms with Crippen LogP contribution in [-0.2, 0) is 28.7 Å². The number of piperidine rings is 2. The fourth-order valence-electron chi connectivity index (χ4n) is 7.54. The zero-order valence-corrected chi connectivity index (χ0v) is 27.6. The maximum absolute atomic E-state index is 14.0. The number of hydrogen-bond donors (Lipinski definition) is 2. The lowest BCUT2D eigenvalue weighted by Crippen LogP contribution is -2.53. The Morgan fingerprint density at radius 2 is 1.60 bits per heavy atom. The van der Waals surface area contributed by atoms with E-state index in [1.54, 1.807) is 9.80 Å². The molecule has 2 aromatic carbocycles. The van der Waals surface area contributed by atoms with Gasteiger partial charge in [-0.2, -0.15) is 13.2 Å². The van der Waals surface area contributed by atoms with Crippen LogP contribution in [0.1, 0.15) is 48.8 Å². The summed E-state index contributed by atoms with van der Waals surface area (Å²) < 4.78 is 41.4. The Morgan fingerprint density at radius 1 is 0.958 bits per heavy atom. The van der Waals surface area contributed by atoms with Crippen molar-refractivity contribution in [3.8, 4) is 0 Å². The molecule has 4 heterocycles. The molecule has 2 aromatic rings. The minimum atomic E-state index is -4.72. The highest BCUT2D eigenvalue weighted by Gasteiger charge is 2.38. The minimum Gasteiger partial charge on any atom is -0.397 e. The minimum absolute atomic E-state index is 0.0487. The molecule has 3 fully saturated rings. The van der Waals surface area contributed by atoms with Crippen LogP contribution < -0.4 is 16.4 Å². The number of amides is 4. The van der Waals surface area contributed by atoms with Crippen LogP contribution in [0.15, 0.2) is 36.4 Å². The molecule has 0 aliphatic carbocycles. The fraction of sp³-hybridized carbons (Fsp3) is 0.559. The molecule has 10 nitrogen and oxygen atoms in total. The highest BCUT2D eigenvalue weighted by atomic mass is 35.5. The molecule has 6 rings (SSSR count). The lowest BCUT2D eigenvalue weighted by molar-refractivity contribution is -0.143. The fourth-order valence-corrected chi connectivity index (χ4v) is 7.78. The number of nitrogen functional groups attached to an aromatic ring is 1. The van der Waals surface area contributed by atoms with E-state index < -0.39 is 23.3 Å². The van der Waals surface area contributed by atoms with Gasteiger partial charge in [-0.1, -0.05) is 29.8 Å². The van der Waals surface area contributed by atoms with Crippen molar-refractivity contribution in [3.05, 3.63) is 58.1 Å². The molecule has 1 radical (unpaired) electrons. The zero-order valence-electron chi connectivity index (χ0n) is 26.9. The number of alkyl halides is 3. The zero-order chi connectivity index (χ0) is 34.0. The van der Waals surface area contributed by atoms with Crippen LogP contribution in [0.2, 0.25) is 5.02 Å². The number of carbonyl (C=O) groups excluding carboxylic acids is 3. The first kappa shape index (κ1) is 34.3. The topological polar surface area (TPSA) is 116 Å². The van der Waals surface area contributed by atoms with Crippen LogP contribution >= 0.6 is 11.6 Å². The van der Waals surface area contributed by atoms with Gasteiger partial charge in [0.2, 0.25) is 11.8 Å². The number of carbonyl (C=O) groups is 3. The summed E-state index contributed by atoms with van der Waals surface area (Å²) in [7, 11) is 0. The molecular formula is C34H42ClF3N7O3. The second kappa shape index (κ2) is 14.5. The summed E-state index contributed by atoms with van der Waals surface area (Å²) in [6, 6.07) is 10.1. The Bertz CT molecular complexity index is 1500. The van der Waals surface area contributed by atoms with Gasteiger partial charge in [-0.25, -0.2) is 10.1 Å². The van der Waals surface area contributed by atoms with Gasteiger partial charge in [-0.15, -0.1) is 0 Å². The Kier molecular flexibility index (Phi) is 10.4. The molecule has 3 saturated heterocycles. The maximum Gasteiger partial charge on any atom is 0.418 e. The van der Waals surface area contributed by atoms with Crippen LogP contribution in [0.4, 0.5) is 29.3 Å². The number of para-hydroxylation sites is 1. The molecule has 0 bridgehead atoms. The third-order valence-corrected chi connectivity index (χ3v) is 10.6. The van der Waals surface area contributed by atoms with E-state index in [-0.39, 0.29) is 47.3 Å². The average molecular weight is 689 g/mol. The van der Waals surface area contributed by atoms with Gasteiger partial charge in [0.05, 0.1) is 22.2 Å². The Morgan fingerprint density at radius 3 is 2.29 bits per heavy atom. The monoisotopic (exact) mass is 688 g/mol. The molecule has 4 amide bonds. The standard InChI is InChI=1S/C34H42ClF3N7O3/c35-28-19-22(18-27(31(28)39)34(36,37)38)17-24(32(47)44-13-5-25(6-14-44)42-15-9-40-10-16-42)20-30(46)43-11-7-26(8-12-43)45-21-23-3-1-2-4-29(23)41-33(45)48/h1-4,18-19,24-26H,5-17,20-21,39H2,(H,41,48). The lowest BCUT2D eigenvalue weighted by Gasteiger charge is -2.41. The molecule has 0 aromatic heterocycles. The van der Waals surface area contributed by atoms with Crippen molar-refractivity contribution in [1.29, 1.82) is 0 Å². The number of fused-ring (bicyclic) bond motifs is 1. The van der Waals surface area contributed by atoms with Crippen molar-refractivity contribution in [2.75, 3.05) is 63.4 Å². The second-order valence-corrected chi connectivity index (χ2v) is 13.6. The third kappa shape index (κ3) is 7.68. The lowest BCUT2D eigenvalue weighted by atomic mass is 9.91. The van der Waals surface area contributed by atoms with Crippen LogP contribution in [0.3, 0.4) is 0 Å². The number of nitrogens with two attached hydrogens (primary N) is 1. The van der Waals surface area contributed by atoms with Crippen molar-refractivity contribution >= 4 is 40.8 Å². The second-order valence-electron chi connectivity index (χ2n) is 13.2. The number of urea groups is 1. The largest absolute Gasteiger partial charge is 0.418 e. The predicted molar refractivity (Wildman–Crippen MR) is 176 cm³/mol. The van der Waals surface area contributed by atoms with Crippen molar-refractivity contribution in [1.82, 2.24) is 24.9 Å². The van der Waals surface area contributed by atoms with E-state index in [0.29, 0.717) is 51.6 Å². The number of hydrogen-bond acceptors (Lipinski definition) is 5. The van der Waals surface area contributed by atoms with Crippen molar-refractivity contribution < 1.29 is 27.6 Å². The van der Waals surface area contributed by atoms with E-state index in [4.69, 9.17) is 17.3 Å². The van der Waals surface area contributed by atoms with E-state index in [1.807, 2.05) is 29.2 Å². The molecule has 1 atom stereocenters. The van der Waals surface area contributed by atoms with Crippen molar-refractivity contribution in [2.24, 2.45) is 5.92 Å². The first-order chi connectivity index (χ1) is 23.0. The summed E-state index contributed by atoms with van der Waals surface area (Å²) in [6.07, 6.45) is -2.19. The quantitative estimate of drug-likeness (QED) is 0.418. The first-order valence-corrected chi connectivity index (χ1v) is 17.1. The van der Waals surface area contributed by atoms with Crippen molar-refractivity contribution in [3.63, 3.8) is 0 Å². The van der Waals surface area contributed by atoms with Gasteiger partial charge in [0.1, 0.15) is 0 Å². The molecule has 0 saturated carbocycles. The molecule has 4 aliphatic heterocycles. The van der Waals surface area contributed by atoms with Gasteiger partial charge >= 0.3 is 12.2 Å². The van der Waals surface area contributed by atoms with E-state index >= 15 is 0 Å². The molecule has 4 aliphatic rings. The molecule has 1 unspecified atom stereocenters. The number of benzene rings is 2. The summed E-state index contributed by atoms with van der Waals surface area (Å²) in [5.41, 5.74) is 6.09. The number of piperazine rings is 1. The molecular weight excluding hydrogens is 647 g/mol. The smallest absolute Gasteiger partial charge is 0.397 e. The Labute approximate surface area is 283 Å². The molecule has 48 heavy (non-hydrogen) atoms. The number of anilines is 2. The van der Waals surface area contributed by atoms with Gasteiger partial charge in [0.25, 0.3) is 0 Å². The summed E-state index contributed by atoms with van der Waals surface area (Å²) in [5.74, 6) is -1.34. The Hall–Kier alpha value is -3.55. The number of rotatable bonds is 7. The van der Waals surface area contributed by atoms with E-state index in [2.05, 4.69) is 15.5 Å². The summed E-state index contributed by atoms with van der Waals surface area (Å²) in [6.45, 7) is 5.78. The van der Waals surface area contributed by atoms with Crippen LogP contribution in [0.25, 0.3) is 0 Å². The van der Waals surface area contributed by atoms with Gasteiger partial charge < -0.3 is 25.8 Å². The van der Waals surface area contributed by atoms with E-state index in [1.165, 1.54) is 6.07 Å². The molecule has 14 heteroatoms. The van der Waals surface area contributed by atoms with E-state index in [9.17, 15) is 27.6 Å². The Balaban J connectivity index is 1.13. The summed E-state index contributed by atoms with van der Waals surface area (Å²) in [5, 5.41) is 7.12. The average Bonchev–Trinajstić information content (AvgIpc) is 3.09. The van der Waals surface area contributed by atoms with Crippen molar-refractivity contribution in [2.45, 2.75) is 63.3 Å².